The van der Waals surface area contributed by atoms with Crippen LogP contribution in [0, 0.1) is 19.8 Å². The number of nitrogens with zero attached hydrogens (tertiary/aromatic N) is 1. The molecule has 0 aliphatic carbocycles. The molecule has 1 aliphatic rings. The van der Waals surface area contributed by atoms with Gasteiger partial charge < -0.3 is 16.0 Å². The van der Waals surface area contributed by atoms with Crippen LogP contribution in [-0.4, -0.2) is 30.4 Å². The summed E-state index contributed by atoms with van der Waals surface area (Å²) in [7, 11) is 0. The van der Waals surface area contributed by atoms with Crippen LogP contribution < -0.4 is 16.0 Å². The second-order valence-electron chi connectivity index (χ2n) is 6.75. The maximum Gasteiger partial charge on any atom is 0.239 e. The quantitative estimate of drug-likeness (QED) is 0.823. The number of anilines is 1. The third-order valence-corrected chi connectivity index (χ3v) is 4.01. The normalized spacial score (nSPS) is 17.9. The standard InChI is InChI=1S/C17H25N3O2.ClH/c1-11-7-12(2)9-13(8-11)20-6-5-14(16(20)22)15(21)19-17(3,4)10-18;/h7-9,14H,5-6,10,18H2,1-4H3,(H,19,21);1H. The van der Waals surface area contributed by atoms with Gasteiger partial charge in [0.1, 0.15) is 5.92 Å². The Morgan fingerprint density at radius 2 is 1.87 bits per heavy atom. The van der Waals surface area contributed by atoms with E-state index in [2.05, 4.69) is 11.4 Å². The molecule has 1 heterocycles. The molecule has 1 aromatic carbocycles. The molecule has 0 bridgehead atoms. The molecule has 6 heteroatoms. The maximum absolute atomic E-state index is 12.6. The summed E-state index contributed by atoms with van der Waals surface area (Å²) in [5.41, 5.74) is 8.23. The topological polar surface area (TPSA) is 75.4 Å². The highest BCUT2D eigenvalue weighted by molar-refractivity contribution is 6.09. The van der Waals surface area contributed by atoms with E-state index in [0.717, 1.165) is 16.8 Å². The van der Waals surface area contributed by atoms with E-state index in [4.69, 9.17) is 5.73 Å². The van der Waals surface area contributed by atoms with Crippen molar-refractivity contribution in [3.63, 3.8) is 0 Å². The maximum atomic E-state index is 12.6. The van der Waals surface area contributed by atoms with Crippen molar-refractivity contribution >= 4 is 29.9 Å². The summed E-state index contributed by atoms with van der Waals surface area (Å²) in [4.78, 5) is 26.6. The van der Waals surface area contributed by atoms with Gasteiger partial charge in [-0.2, -0.15) is 0 Å². The molecule has 0 radical (unpaired) electrons. The van der Waals surface area contributed by atoms with E-state index in [0.29, 0.717) is 19.5 Å². The summed E-state index contributed by atoms with van der Waals surface area (Å²) >= 11 is 0. The Morgan fingerprint density at radius 1 is 1.30 bits per heavy atom. The SMILES string of the molecule is Cc1cc(C)cc(N2CCC(C(=O)NC(C)(C)CN)C2=O)c1.Cl. The number of halogens is 1. The number of aryl methyl sites for hydroxylation is 2. The predicted octanol–water partition coefficient (Wildman–Crippen LogP) is 1.93. The summed E-state index contributed by atoms with van der Waals surface area (Å²) in [5, 5.41) is 2.86. The van der Waals surface area contributed by atoms with Gasteiger partial charge in [0, 0.05) is 24.3 Å². The van der Waals surface area contributed by atoms with Crippen LogP contribution in [0.15, 0.2) is 18.2 Å². The number of amides is 2. The average Bonchev–Trinajstić information content (AvgIpc) is 2.79. The van der Waals surface area contributed by atoms with Crippen LogP contribution in [-0.2, 0) is 9.59 Å². The molecule has 2 rings (SSSR count). The van der Waals surface area contributed by atoms with Crippen LogP contribution in [0.2, 0.25) is 0 Å². The molecule has 1 fully saturated rings. The summed E-state index contributed by atoms with van der Waals surface area (Å²) in [5.74, 6) is -0.978. The Kier molecular flexibility index (Phi) is 6.19. The van der Waals surface area contributed by atoms with Crippen molar-refractivity contribution in [3.8, 4) is 0 Å². The first-order valence-corrected chi connectivity index (χ1v) is 7.65. The van der Waals surface area contributed by atoms with Gasteiger partial charge in [0.25, 0.3) is 0 Å². The summed E-state index contributed by atoms with van der Waals surface area (Å²) in [6, 6.07) is 6.03. The minimum atomic E-state index is -0.619. The summed E-state index contributed by atoms with van der Waals surface area (Å²) in [6.07, 6.45) is 0.540. The Morgan fingerprint density at radius 3 is 2.39 bits per heavy atom. The number of benzene rings is 1. The molecular weight excluding hydrogens is 314 g/mol. The average molecular weight is 340 g/mol. The van der Waals surface area contributed by atoms with Gasteiger partial charge >= 0.3 is 0 Å². The number of hydrogen-bond acceptors (Lipinski definition) is 3. The van der Waals surface area contributed by atoms with Gasteiger partial charge in [-0.1, -0.05) is 6.07 Å². The lowest BCUT2D eigenvalue weighted by Crippen LogP contribution is -2.51. The fourth-order valence-electron chi connectivity index (χ4n) is 2.76. The lowest BCUT2D eigenvalue weighted by Gasteiger charge is -2.26. The van der Waals surface area contributed by atoms with Crippen LogP contribution in [0.25, 0.3) is 0 Å². The fourth-order valence-corrected chi connectivity index (χ4v) is 2.76. The van der Waals surface area contributed by atoms with Crippen molar-refractivity contribution in [2.75, 3.05) is 18.0 Å². The number of rotatable bonds is 4. The first-order valence-electron chi connectivity index (χ1n) is 7.65. The smallest absolute Gasteiger partial charge is 0.239 e. The van der Waals surface area contributed by atoms with E-state index in [9.17, 15) is 9.59 Å². The van der Waals surface area contributed by atoms with Crippen molar-refractivity contribution in [3.05, 3.63) is 29.3 Å². The molecule has 2 amide bonds. The molecule has 128 valence electrons. The van der Waals surface area contributed by atoms with Gasteiger partial charge in [0.15, 0.2) is 0 Å². The predicted molar refractivity (Wildman–Crippen MR) is 94.9 cm³/mol. The number of nitrogens with two attached hydrogens (primary N) is 1. The second kappa shape index (κ2) is 7.32. The lowest BCUT2D eigenvalue weighted by atomic mass is 10.0. The van der Waals surface area contributed by atoms with E-state index in [1.807, 2.05) is 39.8 Å². The molecule has 0 saturated carbocycles. The van der Waals surface area contributed by atoms with Crippen LogP contribution in [0.4, 0.5) is 5.69 Å². The Bertz CT molecular complexity index is 581. The molecule has 1 aliphatic heterocycles. The number of carbonyl (C=O) groups is 2. The zero-order valence-corrected chi connectivity index (χ0v) is 15.0. The highest BCUT2D eigenvalue weighted by Gasteiger charge is 2.39. The van der Waals surface area contributed by atoms with E-state index < -0.39 is 11.5 Å². The van der Waals surface area contributed by atoms with Crippen molar-refractivity contribution in [1.29, 1.82) is 0 Å². The molecule has 1 saturated heterocycles. The van der Waals surface area contributed by atoms with Crippen molar-refractivity contribution in [2.24, 2.45) is 11.7 Å². The third kappa shape index (κ3) is 4.45. The first-order chi connectivity index (χ1) is 10.2. The van der Waals surface area contributed by atoms with Crippen LogP contribution in [0.1, 0.15) is 31.4 Å². The fraction of sp³-hybridized carbons (Fsp3) is 0.529. The van der Waals surface area contributed by atoms with E-state index in [-0.39, 0.29) is 24.2 Å². The molecule has 1 unspecified atom stereocenters. The molecule has 23 heavy (non-hydrogen) atoms. The Balaban J connectivity index is 0.00000264. The van der Waals surface area contributed by atoms with Crippen LogP contribution in [0.3, 0.4) is 0 Å². The van der Waals surface area contributed by atoms with Gasteiger partial charge in [-0.25, -0.2) is 0 Å². The highest BCUT2D eigenvalue weighted by Crippen LogP contribution is 2.27. The highest BCUT2D eigenvalue weighted by atomic mass is 35.5. The first kappa shape index (κ1) is 19.5. The third-order valence-electron chi connectivity index (χ3n) is 4.01. The van der Waals surface area contributed by atoms with E-state index in [1.54, 1.807) is 4.90 Å². The number of carbonyl (C=O) groups excluding carboxylic acids is 2. The zero-order chi connectivity index (χ0) is 16.5. The van der Waals surface area contributed by atoms with Gasteiger partial charge in [-0.3, -0.25) is 9.59 Å². The zero-order valence-electron chi connectivity index (χ0n) is 14.2. The van der Waals surface area contributed by atoms with Crippen LogP contribution >= 0.6 is 12.4 Å². The van der Waals surface area contributed by atoms with Crippen molar-refractivity contribution < 1.29 is 9.59 Å². The number of hydrogen-bond donors (Lipinski definition) is 2. The molecule has 0 spiro atoms. The summed E-state index contributed by atoms with van der Waals surface area (Å²) in [6.45, 7) is 8.62. The Hall–Kier alpha value is -1.59. The Labute approximate surface area is 144 Å². The van der Waals surface area contributed by atoms with Crippen molar-refractivity contribution in [1.82, 2.24) is 5.32 Å². The van der Waals surface area contributed by atoms with E-state index >= 15 is 0 Å². The second-order valence-corrected chi connectivity index (χ2v) is 6.75. The van der Waals surface area contributed by atoms with E-state index in [1.165, 1.54) is 0 Å². The molecular formula is C17H26ClN3O2. The molecule has 1 aromatic rings. The molecule has 1 atom stereocenters. The molecule has 3 N–H and O–H groups in total. The number of nitrogens with one attached hydrogen (secondary N) is 1. The molecule has 5 nitrogen and oxygen atoms in total. The lowest BCUT2D eigenvalue weighted by molar-refractivity contribution is -0.133. The minimum Gasteiger partial charge on any atom is -0.349 e. The monoisotopic (exact) mass is 339 g/mol. The minimum absolute atomic E-state index is 0. The van der Waals surface area contributed by atoms with Crippen LogP contribution in [0.5, 0.6) is 0 Å². The van der Waals surface area contributed by atoms with Gasteiger partial charge in [-0.05, 0) is 57.4 Å². The van der Waals surface area contributed by atoms with Gasteiger partial charge in [-0.15, -0.1) is 12.4 Å². The largest absolute Gasteiger partial charge is 0.349 e. The molecule has 0 aromatic heterocycles. The van der Waals surface area contributed by atoms with Gasteiger partial charge in [0.2, 0.25) is 11.8 Å². The summed E-state index contributed by atoms with van der Waals surface area (Å²) < 4.78 is 0. The van der Waals surface area contributed by atoms with Crippen molar-refractivity contribution in [2.45, 2.75) is 39.7 Å². The van der Waals surface area contributed by atoms with Gasteiger partial charge in [0.05, 0.1) is 0 Å².